The predicted molar refractivity (Wildman–Crippen MR) is 65.5 cm³/mol. The maximum Gasteiger partial charge on any atom is 0.226 e. The quantitative estimate of drug-likeness (QED) is 0.822. The number of carbonyl (C=O) groups excluding carboxylic acids is 1. The molecule has 1 fully saturated rings. The highest BCUT2D eigenvalue weighted by Gasteiger charge is 2.15. The summed E-state index contributed by atoms with van der Waals surface area (Å²) in [5.74, 6) is 0.123. The van der Waals surface area contributed by atoms with Crippen molar-refractivity contribution in [2.45, 2.75) is 51.0 Å². The number of aromatic nitrogens is 1. The van der Waals surface area contributed by atoms with Gasteiger partial charge in [0.05, 0.1) is 17.6 Å². The van der Waals surface area contributed by atoms with Gasteiger partial charge in [-0.1, -0.05) is 25.7 Å². The normalized spacial score (nSPS) is 18.0. The second kappa shape index (κ2) is 5.99. The Bertz CT molecular complexity index is 316. The van der Waals surface area contributed by atoms with E-state index in [2.05, 4.69) is 10.3 Å². The Balaban J connectivity index is 1.77. The number of amides is 1. The molecule has 1 aliphatic rings. The first-order valence-corrected chi connectivity index (χ1v) is 6.95. The van der Waals surface area contributed by atoms with Crippen molar-refractivity contribution in [2.75, 3.05) is 0 Å². The fourth-order valence-corrected chi connectivity index (χ4v) is 2.75. The van der Waals surface area contributed by atoms with Crippen LogP contribution in [0.1, 0.15) is 44.2 Å². The zero-order valence-corrected chi connectivity index (χ0v) is 10.3. The number of thiazole rings is 1. The Kier molecular flexibility index (Phi) is 4.34. The molecule has 88 valence electrons. The van der Waals surface area contributed by atoms with E-state index in [1.807, 2.05) is 5.38 Å². The van der Waals surface area contributed by atoms with Crippen LogP contribution in [0.4, 0.5) is 0 Å². The van der Waals surface area contributed by atoms with E-state index in [0.717, 1.165) is 18.5 Å². The van der Waals surface area contributed by atoms with Crippen LogP contribution in [0.3, 0.4) is 0 Å². The summed E-state index contributed by atoms with van der Waals surface area (Å²) in [7, 11) is 0. The Hall–Kier alpha value is -0.900. The highest BCUT2D eigenvalue weighted by molar-refractivity contribution is 7.07. The topological polar surface area (TPSA) is 42.0 Å². The minimum atomic E-state index is 0.123. The summed E-state index contributed by atoms with van der Waals surface area (Å²) in [6.07, 6.45) is 7.85. The lowest BCUT2D eigenvalue weighted by molar-refractivity contribution is -0.121. The van der Waals surface area contributed by atoms with E-state index in [1.54, 1.807) is 5.51 Å². The summed E-state index contributed by atoms with van der Waals surface area (Å²) in [5, 5.41) is 5.06. The molecule has 1 aromatic rings. The van der Waals surface area contributed by atoms with Gasteiger partial charge in [-0.2, -0.15) is 0 Å². The van der Waals surface area contributed by atoms with Gasteiger partial charge in [-0.15, -0.1) is 11.3 Å². The van der Waals surface area contributed by atoms with E-state index < -0.39 is 0 Å². The van der Waals surface area contributed by atoms with E-state index in [-0.39, 0.29) is 5.91 Å². The third-order valence-electron chi connectivity index (χ3n) is 3.05. The van der Waals surface area contributed by atoms with Crippen molar-refractivity contribution < 1.29 is 4.79 Å². The minimum absolute atomic E-state index is 0.123. The molecule has 0 saturated heterocycles. The molecule has 2 rings (SSSR count). The molecule has 1 aliphatic carbocycles. The first-order chi connectivity index (χ1) is 7.84. The van der Waals surface area contributed by atoms with Crippen molar-refractivity contribution in [3.8, 4) is 0 Å². The maximum absolute atomic E-state index is 11.7. The van der Waals surface area contributed by atoms with Crippen LogP contribution in [0.5, 0.6) is 0 Å². The van der Waals surface area contributed by atoms with Crippen LogP contribution >= 0.6 is 11.3 Å². The molecule has 3 nitrogen and oxygen atoms in total. The number of nitrogens with zero attached hydrogens (tertiary/aromatic N) is 1. The summed E-state index contributed by atoms with van der Waals surface area (Å²) in [4.78, 5) is 15.9. The molecule has 1 saturated carbocycles. The maximum atomic E-state index is 11.7. The largest absolute Gasteiger partial charge is 0.353 e. The van der Waals surface area contributed by atoms with Gasteiger partial charge in [0.15, 0.2) is 0 Å². The number of nitrogens with one attached hydrogen (secondary N) is 1. The monoisotopic (exact) mass is 238 g/mol. The summed E-state index contributed by atoms with van der Waals surface area (Å²) in [6.45, 7) is 0. The van der Waals surface area contributed by atoms with Crippen LogP contribution in [0, 0.1) is 0 Å². The first kappa shape index (κ1) is 11.6. The van der Waals surface area contributed by atoms with Crippen LogP contribution in [-0.2, 0) is 11.2 Å². The average Bonchev–Trinajstić information content (AvgIpc) is 2.62. The molecule has 1 aromatic heterocycles. The van der Waals surface area contributed by atoms with Gasteiger partial charge in [0.2, 0.25) is 5.91 Å². The zero-order valence-electron chi connectivity index (χ0n) is 9.45. The smallest absolute Gasteiger partial charge is 0.226 e. The van der Waals surface area contributed by atoms with Gasteiger partial charge in [-0.3, -0.25) is 4.79 Å². The van der Waals surface area contributed by atoms with Gasteiger partial charge >= 0.3 is 0 Å². The molecule has 1 N–H and O–H groups in total. The molecular weight excluding hydrogens is 220 g/mol. The average molecular weight is 238 g/mol. The summed E-state index contributed by atoms with van der Waals surface area (Å²) in [5.41, 5.74) is 2.66. The molecule has 16 heavy (non-hydrogen) atoms. The van der Waals surface area contributed by atoms with Gasteiger partial charge < -0.3 is 5.32 Å². The van der Waals surface area contributed by atoms with Gasteiger partial charge in [-0.05, 0) is 12.8 Å². The Morgan fingerprint density at radius 3 is 2.75 bits per heavy atom. The van der Waals surface area contributed by atoms with Crippen molar-refractivity contribution in [3.05, 3.63) is 16.6 Å². The Labute approximate surface area is 100 Å². The van der Waals surface area contributed by atoms with E-state index in [1.165, 1.54) is 37.0 Å². The molecule has 4 heteroatoms. The molecule has 0 aliphatic heterocycles. The molecule has 0 bridgehead atoms. The van der Waals surface area contributed by atoms with E-state index in [4.69, 9.17) is 0 Å². The lowest BCUT2D eigenvalue weighted by Crippen LogP contribution is -2.35. The van der Waals surface area contributed by atoms with Crippen LogP contribution < -0.4 is 5.32 Å². The fourth-order valence-electron chi connectivity index (χ4n) is 2.19. The number of hydrogen-bond donors (Lipinski definition) is 1. The standard InChI is InChI=1S/C12H18N2OS/c15-12(7-11-8-16-9-13-11)14-10-5-3-1-2-4-6-10/h8-10H,1-7H2,(H,14,15). The van der Waals surface area contributed by atoms with Crippen molar-refractivity contribution >= 4 is 17.2 Å². The summed E-state index contributed by atoms with van der Waals surface area (Å²) < 4.78 is 0. The molecule has 0 unspecified atom stereocenters. The molecule has 0 radical (unpaired) electrons. The predicted octanol–water partition coefficient (Wildman–Crippen LogP) is 2.52. The summed E-state index contributed by atoms with van der Waals surface area (Å²) in [6, 6.07) is 0.397. The van der Waals surface area contributed by atoms with Crippen molar-refractivity contribution in [1.82, 2.24) is 10.3 Å². The van der Waals surface area contributed by atoms with E-state index in [0.29, 0.717) is 12.5 Å². The third-order valence-corrected chi connectivity index (χ3v) is 3.68. The van der Waals surface area contributed by atoms with Crippen molar-refractivity contribution in [2.24, 2.45) is 0 Å². The fraction of sp³-hybridized carbons (Fsp3) is 0.667. The molecule has 1 amide bonds. The molecule has 0 atom stereocenters. The van der Waals surface area contributed by atoms with Crippen molar-refractivity contribution in [3.63, 3.8) is 0 Å². The van der Waals surface area contributed by atoms with Gasteiger partial charge in [-0.25, -0.2) is 4.98 Å². The SMILES string of the molecule is O=C(Cc1cscn1)NC1CCCCCC1. The van der Waals surface area contributed by atoms with Crippen molar-refractivity contribution in [1.29, 1.82) is 0 Å². The van der Waals surface area contributed by atoms with Crippen LogP contribution in [-0.4, -0.2) is 16.9 Å². The van der Waals surface area contributed by atoms with E-state index in [9.17, 15) is 4.79 Å². The Morgan fingerprint density at radius 2 is 2.12 bits per heavy atom. The highest BCUT2D eigenvalue weighted by atomic mass is 32.1. The van der Waals surface area contributed by atoms with Gasteiger partial charge in [0, 0.05) is 11.4 Å². The number of rotatable bonds is 3. The molecule has 0 spiro atoms. The second-order valence-electron chi connectivity index (χ2n) is 4.41. The highest BCUT2D eigenvalue weighted by Crippen LogP contribution is 2.17. The van der Waals surface area contributed by atoms with Crippen LogP contribution in [0.25, 0.3) is 0 Å². The number of carbonyl (C=O) groups is 1. The minimum Gasteiger partial charge on any atom is -0.353 e. The van der Waals surface area contributed by atoms with E-state index >= 15 is 0 Å². The zero-order chi connectivity index (χ0) is 11.2. The van der Waals surface area contributed by atoms with Gasteiger partial charge in [0.1, 0.15) is 0 Å². The summed E-state index contributed by atoms with van der Waals surface area (Å²) >= 11 is 1.54. The first-order valence-electron chi connectivity index (χ1n) is 6.01. The third kappa shape index (κ3) is 3.59. The van der Waals surface area contributed by atoms with Crippen LogP contribution in [0.15, 0.2) is 10.9 Å². The lowest BCUT2D eigenvalue weighted by atomic mass is 10.1. The molecular formula is C12H18N2OS. The molecule has 1 heterocycles. The lowest BCUT2D eigenvalue weighted by Gasteiger charge is -2.15. The second-order valence-corrected chi connectivity index (χ2v) is 5.13. The molecule has 0 aromatic carbocycles. The van der Waals surface area contributed by atoms with Gasteiger partial charge in [0.25, 0.3) is 0 Å². The Morgan fingerprint density at radius 1 is 1.38 bits per heavy atom. The number of hydrogen-bond acceptors (Lipinski definition) is 3. The van der Waals surface area contributed by atoms with Crippen LogP contribution in [0.2, 0.25) is 0 Å².